The molecule has 0 bridgehead atoms. The molecular weight excluding hydrogens is 275 g/mol. The number of amides is 2. The Morgan fingerprint density at radius 1 is 1.14 bits per heavy atom. The van der Waals surface area contributed by atoms with Crippen molar-refractivity contribution in [2.24, 2.45) is 0 Å². The summed E-state index contributed by atoms with van der Waals surface area (Å²) in [5, 5.41) is 5.11. The second-order valence-corrected chi connectivity index (χ2v) is 4.48. The van der Waals surface area contributed by atoms with Crippen LogP contribution in [0.25, 0.3) is 0 Å². The number of rotatable bonds is 2. The van der Waals surface area contributed by atoms with Crippen LogP contribution in [0.3, 0.4) is 0 Å². The molecule has 1 heterocycles. The van der Waals surface area contributed by atoms with Crippen molar-refractivity contribution in [1.29, 1.82) is 0 Å². The number of hydrogen-bond donors (Lipinski definition) is 2. The molecule has 6 heteroatoms. The molecular formula is C15H11FN2O3. The molecule has 0 saturated carbocycles. The van der Waals surface area contributed by atoms with E-state index < -0.39 is 23.7 Å². The molecule has 1 aliphatic heterocycles. The summed E-state index contributed by atoms with van der Waals surface area (Å²) in [6.45, 7) is 0. The lowest BCUT2D eigenvalue weighted by atomic mass is 10.2. The van der Waals surface area contributed by atoms with Crippen LogP contribution in [0.4, 0.5) is 15.8 Å². The molecule has 0 saturated heterocycles. The monoisotopic (exact) mass is 286 g/mol. The first-order valence-electron chi connectivity index (χ1n) is 6.26. The first kappa shape index (κ1) is 13.1. The number of fused-ring (bicyclic) bond motifs is 1. The molecule has 5 nitrogen and oxygen atoms in total. The van der Waals surface area contributed by atoms with Crippen LogP contribution in [0, 0.1) is 5.82 Å². The Labute approximate surface area is 119 Å². The number of nitrogens with one attached hydrogen (secondary N) is 2. The van der Waals surface area contributed by atoms with Gasteiger partial charge >= 0.3 is 0 Å². The van der Waals surface area contributed by atoms with Crippen molar-refractivity contribution in [1.82, 2.24) is 0 Å². The van der Waals surface area contributed by atoms with E-state index in [1.165, 1.54) is 24.3 Å². The molecule has 1 aliphatic rings. The molecule has 106 valence electrons. The van der Waals surface area contributed by atoms with Crippen LogP contribution in [0.1, 0.15) is 0 Å². The highest BCUT2D eigenvalue weighted by molar-refractivity contribution is 6.15. The minimum Gasteiger partial charge on any atom is -0.468 e. The standard InChI is InChI=1S/C15H11FN2O3/c16-9-5-7-10(8-6-9)17-14(19)13-15(20)18-11-3-1-2-4-12(11)21-13/h1-8,13H,(H,17,19)(H,18,20)/t13-/m1/s1. The van der Waals surface area contributed by atoms with Gasteiger partial charge in [-0.25, -0.2) is 4.39 Å². The van der Waals surface area contributed by atoms with Crippen molar-refractivity contribution in [3.05, 3.63) is 54.3 Å². The molecule has 0 radical (unpaired) electrons. The maximum atomic E-state index is 12.8. The number of halogens is 1. The molecule has 21 heavy (non-hydrogen) atoms. The van der Waals surface area contributed by atoms with Gasteiger partial charge in [-0.3, -0.25) is 9.59 Å². The quantitative estimate of drug-likeness (QED) is 0.831. The zero-order chi connectivity index (χ0) is 14.8. The van der Waals surface area contributed by atoms with Gasteiger partial charge in [-0.05, 0) is 36.4 Å². The Hall–Kier alpha value is -2.89. The highest BCUT2D eigenvalue weighted by Crippen LogP contribution is 2.29. The minimum atomic E-state index is -1.29. The lowest BCUT2D eigenvalue weighted by molar-refractivity contribution is -0.133. The topological polar surface area (TPSA) is 67.4 Å². The predicted molar refractivity (Wildman–Crippen MR) is 74.5 cm³/mol. The number of anilines is 2. The zero-order valence-electron chi connectivity index (χ0n) is 10.8. The molecule has 3 rings (SSSR count). The van der Waals surface area contributed by atoms with E-state index in [0.29, 0.717) is 17.1 Å². The van der Waals surface area contributed by atoms with Crippen LogP contribution < -0.4 is 15.4 Å². The SMILES string of the molecule is O=C(Nc1ccc(F)cc1)[C@H]1Oc2ccccc2NC1=O. The number of carbonyl (C=O) groups is 2. The number of para-hydroxylation sites is 2. The average Bonchev–Trinajstić information content (AvgIpc) is 2.49. The molecule has 1 atom stereocenters. The Kier molecular flexibility index (Phi) is 3.27. The second kappa shape index (κ2) is 5.24. The average molecular weight is 286 g/mol. The third-order valence-corrected chi connectivity index (χ3v) is 2.98. The van der Waals surface area contributed by atoms with Gasteiger partial charge in [0.25, 0.3) is 17.9 Å². The van der Waals surface area contributed by atoms with Crippen molar-refractivity contribution < 1.29 is 18.7 Å². The van der Waals surface area contributed by atoms with E-state index in [-0.39, 0.29) is 0 Å². The van der Waals surface area contributed by atoms with Crippen LogP contribution >= 0.6 is 0 Å². The third-order valence-electron chi connectivity index (χ3n) is 2.98. The fourth-order valence-corrected chi connectivity index (χ4v) is 1.97. The highest BCUT2D eigenvalue weighted by atomic mass is 19.1. The number of carbonyl (C=O) groups excluding carboxylic acids is 2. The second-order valence-electron chi connectivity index (χ2n) is 4.48. The molecule has 0 spiro atoms. The molecule has 0 aliphatic carbocycles. The summed E-state index contributed by atoms with van der Waals surface area (Å²) in [5.74, 6) is -1.15. The minimum absolute atomic E-state index is 0.386. The van der Waals surface area contributed by atoms with Crippen molar-refractivity contribution in [3.8, 4) is 5.75 Å². The van der Waals surface area contributed by atoms with Crippen molar-refractivity contribution in [3.63, 3.8) is 0 Å². The van der Waals surface area contributed by atoms with E-state index >= 15 is 0 Å². The van der Waals surface area contributed by atoms with Crippen LogP contribution in [0.2, 0.25) is 0 Å². The largest absolute Gasteiger partial charge is 0.468 e. The molecule has 2 N–H and O–H groups in total. The van der Waals surface area contributed by atoms with Gasteiger partial charge in [0, 0.05) is 5.69 Å². The van der Waals surface area contributed by atoms with Gasteiger partial charge in [-0.15, -0.1) is 0 Å². The summed E-state index contributed by atoms with van der Waals surface area (Å²) in [7, 11) is 0. The fraction of sp³-hybridized carbons (Fsp3) is 0.0667. The summed E-state index contributed by atoms with van der Waals surface area (Å²) in [4.78, 5) is 24.0. The van der Waals surface area contributed by atoms with Crippen LogP contribution in [0.5, 0.6) is 5.75 Å². The van der Waals surface area contributed by atoms with Crippen molar-refractivity contribution >= 4 is 23.2 Å². The smallest absolute Gasteiger partial charge is 0.275 e. The zero-order valence-corrected chi connectivity index (χ0v) is 10.8. The summed E-state index contributed by atoms with van der Waals surface area (Å²) >= 11 is 0. The van der Waals surface area contributed by atoms with E-state index in [9.17, 15) is 14.0 Å². The Morgan fingerprint density at radius 3 is 2.62 bits per heavy atom. The van der Waals surface area contributed by atoms with E-state index in [4.69, 9.17) is 4.74 Å². The van der Waals surface area contributed by atoms with Gasteiger partial charge in [0.15, 0.2) is 0 Å². The Morgan fingerprint density at radius 2 is 1.86 bits per heavy atom. The van der Waals surface area contributed by atoms with Gasteiger partial charge in [0.05, 0.1) is 5.69 Å². The van der Waals surface area contributed by atoms with Crippen LogP contribution in [-0.4, -0.2) is 17.9 Å². The predicted octanol–water partition coefficient (Wildman–Crippen LogP) is 2.16. The molecule has 0 unspecified atom stereocenters. The summed E-state index contributed by atoms with van der Waals surface area (Å²) in [5.41, 5.74) is 0.907. The Balaban J connectivity index is 1.76. The van der Waals surface area contributed by atoms with E-state index in [2.05, 4.69) is 10.6 Å². The highest BCUT2D eigenvalue weighted by Gasteiger charge is 2.33. The van der Waals surface area contributed by atoms with Gasteiger partial charge in [0.2, 0.25) is 0 Å². The van der Waals surface area contributed by atoms with Gasteiger partial charge in [-0.2, -0.15) is 0 Å². The Bertz CT molecular complexity index is 700. The lowest BCUT2D eigenvalue weighted by Crippen LogP contribution is -2.45. The number of benzene rings is 2. The molecule has 2 amide bonds. The van der Waals surface area contributed by atoms with Crippen LogP contribution in [0.15, 0.2) is 48.5 Å². The van der Waals surface area contributed by atoms with Crippen molar-refractivity contribution in [2.75, 3.05) is 10.6 Å². The van der Waals surface area contributed by atoms with E-state index in [1.807, 2.05) is 0 Å². The summed E-state index contributed by atoms with van der Waals surface area (Å²) in [6.07, 6.45) is -1.29. The molecule has 2 aromatic carbocycles. The first-order valence-corrected chi connectivity index (χ1v) is 6.26. The number of hydrogen-bond acceptors (Lipinski definition) is 3. The maximum absolute atomic E-state index is 12.8. The van der Waals surface area contributed by atoms with Crippen molar-refractivity contribution in [2.45, 2.75) is 6.10 Å². The van der Waals surface area contributed by atoms with Crippen LogP contribution in [-0.2, 0) is 9.59 Å². The lowest BCUT2D eigenvalue weighted by Gasteiger charge is -2.24. The van der Waals surface area contributed by atoms with Gasteiger partial charge in [-0.1, -0.05) is 12.1 Å². The van der Waals surface area contributed by atoms with Gasteiger partial charge in [0.1, 0.15) is 11.6 Å². The molecule has 2 aromatic rings. The number of ether oxygens (including phenoxy) is 1. The fourth-order valence-electron chi connectivity index (χ4n) is 1.97. The van der Waals surface area contributed by atoms with E-state index in [1.54, 1.807) is 24.3 Å². The maximum Gasteiger partial charge on any atom is 0.275 e. The first-order chi connectivity index (χ1) is 10.1. The molecule has 0 fully saturated rings. The summed E-state index contributed by atoms with van der Waals surface area (Å²) in [6, 6.07) is 12.1. The summed E-state index contributed by atoms with van der Waals surface area (Å²) < 4.78 is 18.2. The van der Waals surface area contributed by atoms with Gasteiger partial charge < -0.3 is 15.4 Å². The molecule has 0 aromatic heterocycles. The van der Waals surface area contributed by atoms with E-state index in [0.717, 1.165) is 0 Å². The normalized spacial score (nSPS) is 16.4. The third kappa shape index (κ3) is 2.69.